The van der Waals surface area contributed by atoms with Gasteiger partial charge in [-0.3, -0.25) is 10.1 Å². The molecule has 1 aliphatic rings. The molecule has 0 saturated carbocycles. The van der Waals surface area contributed by atoms with Gasteiger partial charge in [-0.25, -0.2) is 0 Å². The third-order valence-corrected chi connectivity index (χ3v) is 3.30. The van der Waals surface area contributed by atoms with Crippen LogP contribution in [0.4, 0.5) is 11.4 Å². The van der Waals surface area contributed by atoms with Crippen molar-refractivity contribution in [3.8, 4) is 0 Å². The Hall–Kier alpha value is -1.33. The molecule has 1 aromatic carbocycles. The van der Waals surface area contributed by atoms with Crippen LogP contribution in [-0.2, 0) is 4.74 Å². The van der Waals surface area contributed by atoms with Crippen LogP contribution < -0.4 is 5.32 Å². The van der Waals surface area contributed by atoms with E-state index in [2.05, 4.69) is 5.32 Å². The Kier molecular flexibility index (Phi) is 4.38. The van der Waals surface area contributed by atoms with Gasteiger partial charge in [-0.05, 0) is 30.9 Å². The normalized spacial score (nSPS) is 19.5. The Balaban J connectivity index is 1.93. The molecule has 6 heteroatoms. The topological polar surface area (TPSA) is 64.4 Å². The van der Waals surface area contributed by atoms with Crippen LogP contribution in [0.15, 0.2) is 18.2 Å². The molecule has 2 rings (SSSR count). The van der Waals surface area contributed by atoms with Crippen molar-refractivity contribution < 1.29 is 9.66 Å². The smallest absolute Gasteiger partial charge is 0.288 e. The first-order chi connectivity index (χ1) is 8.66. The zero-order valence-corrected chi connectivity index (χ0v) is 10.7. The summed E-state index contributed by atoms with van der Waals surface area (Å²) in [6.07, 6.45) is 2.24. The van der Waals surface area contributed by atoms with Gasteiger partial charge in [0.25, 0.3) is 5.69 Å². The minimum atomic E-state index is -0.485. The summed E-state index contributed by atoms with van der Waals surface area (Å²) in [4.78, 5) is 10.1. The predicted octanol–water partition coefficient (Wildman–Crippen LogP) is 3.09. The highest BCUT2D eigenvalue weighted by Crippen LogP contribution is 2.27. The molecule has 5 nitrogen and oxygen atoms in total. The molecule has 1 aliphatic heterocycles. The van der Waals surface area contributed by atoms with E-state index >= 15 is 0 Å². The van der Waals surface area contributed by atoms with Crippen LogP contribution in [0.3, 0.4) is 0 Å². The largest absolute Gasteiger partial charge is 0.385 e. The van der Waals surface area contributed by atoms with Crippen LogP contribution in [0.2, 0.25) is 5.02 Å². The number of hydrogen-bond acceptors (Lipinski definition) is 4. The quantitative estimate of drug-likeness (QED) is 0.674. The molecule has 0 bridgehead atoms. The molecule has 18 heavy (non-hydrogen) atoms. The van der Waals surface area contributed by atoms with E-state index in [0.717, 1.165) is 38.3 Å². The third kappa shape index (κ3) is 3.34. The van der Waals surface area contributed by atoms with Gasteiger partial charge in [0.1, 0.15) is 5.02 Å². The fourth-order valence-electron chi connectivity index (χ4n) is 2.00. The second-order valence-corrected chi connectivity index (χ2v) is 4.79. The van der Waals surface area contributed by atoms with E-state index in [-0.39, 0.29) is 10.7 Å². The van der Waals surface area contributed by atoms with Gasteiger partial charge in [0.05, 0.1) is 11.5 Å². The van der Waals surface area contributed by atoms with Crippen molar-refractivity contribution >= 4 is 23.0 Å². The second kappa shape index (κ2) is 6.02. The molecule has 0 aliphatic carbocycles. The fourth-order valence-corrected chi connectivity index (χ4v) is 2.25. The lowest BCUT2D eigenvalue weighted by atomic mass is 10.0. The minimum Gasteiger partial charge on any atom is -0.385 e. The average molecular weight is 271 g/mol. The Morgan fingerprint density at radius 1 is 1.56 bits per heavy atom. The van der Waals surface area contributed by atoms with Crippen LogP contribution in [0.25, 0.3) is 0 Å². The maximum absolute atomic E-state index is 10.6. The number of ether oxygens (including phenoxy) is 1. The summed E-state index contributed by atoms with van der Waals surface area (Å²) >= 11 is 5.84. The lowest BCUT2D eigenvalue weighted by Gasteiger charge is -2.22. The second-order valence-electron chi connectivity index (χ2n) is 4.39. The minimum absolute atomic E-state index is 0.0665. The lowest BCUT2D eigenvalue weighted by molar-refractivity contribution is -0.384. The number of halogens is 1. The predicted molar refractivity (Wildman–Crippen MR) is 70.1 cm³/mol. The molecule has 0 amide bonds. The number of nitrogens with one attached hydrogen (secondary N) is 1. The van der Waals surface area contributed by atoms with E-state index in [4.69, 9.17) is 16.3 Å². The summed E-state index contributed by atoms with van der Waals surface area (Å²) in [6, 6.07) is 4.68. The van der Waals surface area contributed by atoms with Crippen molar-refractivity contribution in [1.29, 1.82) is 0 Å². The Labute approximate surface area is 110 Å². The van der Waals surface area contributed by atoms with Crippen LogP contribution in [0, 0.1) is 16.0 Å². The molecule has 0 aromatic heterocycles. The number of nitrogens with zero attached hydrogens (tertiary/aromatic N) is 1. The Morgan fingerprint density at radius 3 is 3.00 bits per heavy atom. The van der Waals surface area contributed by atoms with E-state index in [1.165, 1.54) is 6.07 Å². The highest BCUT2D eigenvalue weighted by Gasteiger charge is 2.15. The molecule has 0 radical (unpaired) electrons. The van der Waals surface area contributed by atoms with E-state index in [1.54, 1.807) is 12.1 Å². The molecule has 98 valence electrons. The maximum atomic E-state index is 10.6. The summed E-state index contributed by atoms with van der Waals surface area (Å²) in [5.41, 5.74) is 0.736. The van der Waals surface area contributed by atoms with Crippen molar-refractivity contribution in [3.05, 3.63) is 33.3 Å². The number of benzene rings is 1. The fraction of sp³-hybridized carbons (Fsp3) is 0.500. The van der Waals surface area contributed by atoms with Gasteiger partial charge in [-0.1, -0.05) is 11.6 Å². The van der Waals surface area contributed by atoms with Gasteiger partial charge in [0.15, 0.2) is 0 Å². The molecule has 1 N–H and O–H groups in total. The van der Waals surface area contributed by atoms with Crippen molar-refractivity contribution in [1.82, 2.24) is 0 Å². The number of nitro groups is 1. The molecule has 1 atom stereocenters. The van der Waals surface area contributed by atoms with E-state index < -0.39 is 4.92 Å². The van der Waals surface area contributed by atoms with Gasteiger partial charge >= 0.3 is 0 Å². The van der Waals surface area contributed by atoms with Gasteiger partial charge < -0.3 is 10.1 Å². The Bertz CT molecular complexity index is 433. The summed E-state index contributed by atoms with van der Waals surface area (Å²) < 4.78 is 5.39. The number of hydrogen-bond donors (Lipinski definition) is 1. The monoisotopic (exact) mass is 270 g/mol. The first kappa shape index (κ1) is 13.1. The van der Waals surface area contributed by atoms with E-state index in [1.807, 2.05) is 0 Å². The summed E-state index contributed by atoms with van der Waals surface area (Å²) in [6.45, 7) is 2.42. The SMILES string of the molecule is O=[N+]([O-])c1ccc(NCC2CCCOC2)cc1Cl. The van der Waals surface area contributed by atoms with Gasteiger partial charge in [-0.15, -0.1) is 0 Å². The van der Waals surface area contributed by atoms with Crippen molar-refractivity contribution in [2.45, 2.75) is 12.8 Å². The molecular weight excluding hydrogens is 256 g/mol. The molecule has 1 fully saturated rings. The number of anilines is 1. The van der Waals surface area contributed by atoms with Crippen LogP contribution in [-0.4, -0.2) is 24.7 Å². The van der Waals surface area contributed by atoms with E-state index in [0.29, 0.717) is 5.92 Å². The van der Waals surface area contributed by atoms with Crippen LogP contribution in [0.1, 0.15) is 12.8 Å². The van der Waals surface area contributed by atoms with Crippen LogP contribution >= 0.6 is 11.6 Å². The molecule has 1 saturated heterocycles. The standard InChI is InChI=1S/C12H15ClN2O3/c13-11-6-10(3-4-12(11)15(16)17)14-7-9-2-1-5-18-8-9/h3-4,6,9,14H,1-2,5,7-8H2. The molecule has 1 unspecified atom stereocenters. The van der Waals surface area contributed by atoms with Crippen molar-refractivity contribution in [2.24, 2.45) is 5.92 Å². The highest BCUT2D eigenvalue weighted by molar-refractivity contribution is 6.32. The van der Waals surface area contributed by atoms with Crippen molar-refractivity contribution in [3.63, 3.8) is 0 Å². The average Bonchev–Trinajstić information content (AvgIpc) is 2.37. The van der Waals surface area contributed by atoms with Gasteiger partial charge in [0, 0.05) is 24.9 Å². The first-order valence-electron chi connectivity index (χ1n) is 5.92. The highest BCUT2D eigenvalue weighted by atomic mass is 35.5. The summed E-state index contributed by atoms with van der Waals surface area (Å²) in [5, 5.41) is 14.0. The van der Waals surface area contributed by atoms with Crippen molar-refractivity contribution in [2.75, 3.05) is 25.1 Å². The maximum Gasteiger partial charge on any atom is 0.288 e. The molecule has 1 heterocycles. The van der Waals surface area contributed by atoms with Gasteiger partial charge in [0.2, 0.25) is 0 Å². The van der Waals surface area contributed by atoms with E-state index in [9.17, 15) is 10.1 Å². The third-order valence-electron chi connectivity index (χ3n) is 2.99. The number of rotatable bonds is 4. The van der Waals surface area contributed by atoms with Gasteiger partial charge in [-0.2, -0.15) is 0 Å². The molecular formula is C12H15ClN2O3. The summed E-state index contributed by atoms with van der Waals surface area (Å²) in [5.74, 6) is 0.493. The van der Waals surface area contributed by atoms with Crippen LogP contribution in [0.5, 0.6) is 0 Å². The molecule has 1 aromatic rings. The lowest BCUT2D eigenvalue weighted by Crippen LogP contribution is -2.24. The molecule has 0 spiro atoms. The first-order valence-corrected chi connectivity index (χ1v) is 6.30. The Morgan fingerprint density at radius 2 is 2.39 bits per heavy atom. The zero-order chi connectivity index (χ0) is 13.0. The number of nitro benzene ring substituents is 1. The summed E-state index contributed by atoms with van der Waals surface area (Å²) in [7, 11) is 0. The zero-order valence-electron chi connectivity index (χ0n) is 9.89.